The van der Waals surface area contributed by atoms with Crippen LogP contribution in [-0.4, -0.2) is 58.9 Å². The highest BCUT2D eigenvalue weighted by atomic mass is 32.2. The number of sulfonamides is 1. The minimum Gasteiger partial charge on any atom is -0.355 e. The fourth-order valence-corrected chi connectivity index (χ4v) is 6.88. The summed E-state index contributed by atoms with van der Waals surface area (Å²) < 4.78 is 83.0. The first-order valence-electron chi connectivity index (χ1n) is 11.9. The molecule has 8 nitrogen and oxygen atoms in total. The van der Waals surface area contributed by atoms with Crippen LogP contribution in [0.3, 0.4) is 0 Å². The predicted octanol–water partition coefficient (Wildman–Crippen LogP) is 3.81. The van der Waals surface area contributed by atoms with Crippen molar-refractivity contribution in [1.29, 1.82) is 0 Å². The van der Waals surface area contributed by atoms with E-state index in [2.05, 4.69) is 20.2 Å². The van der Waals surface area contributed by atoms with Gasteiger partial charge in [0.2, 0.25) is 10.0 Å². The van der Waals surface area contributed by atoms with Crippen LogP contribution in [0.2, 0.25) is 0 Å². The first-order chi connectivity index (χ1) is 17.5. The minimum atomic E-state index is -5.00. The van der Waals surface area contributed by atoms with E-state index >= 15 is 0 Å². The lowest BCUT2D eigenvalue weighted by atomic mass is 10.0. The molecule has 3 heterocycles. The molecular formula is C24H26F4N6O2S. The average molecular weight is 539 g/mol. The van der Waals surface area contributed by atoms with Gasteiger partial charge in [0, 0.05) is 45.0 Å². The standard InChI is InChI=1S/C24H26F4N6O2S/c1-32-20(8-11-29-32)22-17-4-3-5-18(17)23(31-30-22)34-12-9-16(10-13-34)33(2)37(35,36)21-7-6-15(25)14-19(21)24(26,27)28/h6-8,11,14,16H,3-5,9-10,12-13H2,1-2H3. The van der Waals surface area contributed by atoms with Gasteiger partial charge in [-0.1, -0.05) is 0 Å². The number of hydrogen-bond donors (Lipinski definition) is 0. The highest BCUT2D eigenvalue weighted by Gasteiger charge is 2.41. The second kappa shape index (κ2) is 9.35. The van der Waals surface area contributed by atoms with E-state index in [0.717, 1.165) is 58.0 Å². The molecule has 0 N–H and O–H groups in total. The van der Waals surface area contributed by atoms with Crippen LogP contribution in [0.25, 0.3) is 11.4 Å². The smallest absolute Gasteiger partial charge is 0.355 e. The van der Waals surface area contributed by atoms with Crippen LogP contribution in [0.1, 0.15) is 36.0 Å². The van der Waals surface area contributed by atoms with Crippen molar-refractivity contribution in [2.45, 2.75) is 49.2 Å². The number of aryl methyl sites for hydroxylation is 1. The van der Waals surface area contributed by atoms with Gasteiger partial charge in [-0.2, -0.15) is 22.6 Å². The number of benzene rings is 1. The van der Waals surface area contributed by atoms with E-state index < -0.39 is 38.5 Å². The van der Waals surface area contributed by atoms with Gasteiger partial charge in [0.25, 0.3) is 0 Å². The maximum absolute atomic E-state index is 13.5. The summed E-state index contributed by atoms with van der Waals surface area (Å²) in [6.07, 6.45) is 0.243. The molecule has 0 atom stereocenters. The molecule has 198 valence electrons. The van der Waals surface area contributed by atoms with Crippen molar-refractivity contribution in [3.63, 3.8) is 0 Å². The summed E-state index contributed by atoms with van der Waals surface area (Å²) in [6, 6.07) is 3.02. The quantitative estimate of drug-likeness (QED) is 0.460. The van der Waals surface area contributed by atoms with Crippen LogP contribution in [0.4, 0.5) is 23.4 Å². The SMILES string of the molecule is CN(C1CCN(c2nnc(-c3ccnn3C)c3c2CCC3)CC1)S(=O)(=O)c1ccc(F)cc1C(F)(F)F. The molecule has 1 aliphatic heterocycles. The Kier molecular flexibility index (Phi) is 6.47. The molecule has 37 heavy (non-hydrogen) atoms. The summed E-state index contributed by atoms with van der Waals surface area (Å²) >= 11 is 0. The first-order valence-corrected chi connectivity index (χ1v) is 13.4. The summed E-state index contributed by atoms with van der Waals surface area (Å²) in [4.78, 5) is 1.13. The maximum atomic E-state index is 13.5. The number of aromatic nitrogens is 4. The van der Waals surface area contributed by atoms with Gasteiger partial charge in [-0.15, -0.1) is 10.2 Å². The summed E-state index contributed by atoms with van der Waals surface area (Å²) in [7, 11) is -1.37. The van der Waals surface area contributed by atoms with Crippen molar-refractivity contribution in [3.8, 4) is 11.4 Å². The lowest BCUT2D eigenvalue weighted by molar-refractivity contribution is -0.140. The van der Waals surface area contributed by atoms with Gasteiger partial charge < -0.3 is 4.90 Å². The van der Waals surface area contributed by atoms with E-state index in [1.165, 1.54) is 7.05 Å². The molecule has 2 aromatic heterocycles. The Hall–Kier alpha value is -3.06. The second-order valence-corrected chi connectivity index (χ2v) is 11.4. The predicted molar refractivity (Wildman–Crippen MR) is 128 cm³/mol. The minimum absolute atomic E-state index is 0.220. The Morgan fingerprint density at radius 2 is 1.76 bits per heavy atom. The number of rotatable bonds is 5. The van der Waals surface area contributed by atoms with E-state index in [9.17, 15) is 26.0 Å². The Balaban J connectivity index is 1.35. The molecule has 13 heteroatoms. The third kappa shape index (κ3) is 4.58. The molecule has 1 fully saturated rings. The second-order valence-electron chi connectivity index (χ2n) is 9.40. The van der Waals surface area contributed by atoms with Gasteiger partial charge in [0.15, 0.2) is 5.82 Å². The molecule has 0 amide bonds. The van der Waals surface area contributed by atoms with Crippen LogP contribution in [0.5, 0.6) is 0 Å². The molecule has 1 aromatic carbocycles. The zero-order chi connectivity index (χ0) is 26.5. The molecule has 3 aromatic rings. The van der Waals surface area contributed by atoms with Crippen molar-refractivity contribution in [2.24, 2.45) is 7.05 Å². The normalized spacial score (nSPS) is 17.0. The van der Waals surface area contributed by atoms with E-state index in [0.29, 0.717) is 32.0 Å². The average Bonchev–Trinajstić information content (AvgIpc) is 3.52. The van der Waals surface area contributed by atoms with Gasteiger partial charge in [0.05, 0.1) is 16.2 Å². The Morgan fingerprint density at radius 1 is 1.05 bits per heavy atom. The van der Waals surface area contributed by atoms with Gasteiger partial charge >= 0.3 is 6.18 Å². The van der Waals surface area contributed by atoms with Gasteiger partial charge in [-0.25, -0.2) is 12.8 Å². The number of nitrogens with zero attached hydrogens (tertiary/aromatic N) is 6. The first kappa shape index (κ1) is 25.6. The van der Waals surface area contributed by atoms with Crippen LogP contribution in [0.15, 0.2) is 35.4 Å². The van der Waals surface area contributed by atoms with Crippen molar-refractivity contribution in [2.75, 3.05) is 25.0 Å². The zero-order valence-electron chi connectivity index (χ0n) is 20.3. The molecule has 0 bridgehead atoms. The van der Waals surface area contributed by atoms with E-state index in [4.69, 9.17) is 0 Å². The van der Waals surface area contributed by atoms with Crippen molar-refractivity contribution in [3.05, 3.63) is 53.0 Å². The molecule has 1 saturated heterocycles. The van der Waals surface area contributed by atoms with E-state index in [-0.39, 0.29) is 6.07 Å². The fraction of sp³-hybridized carbons (Fsp3) is 0.458. The third-order valence-corrected chi connectivity index (χ3v) is 9.23. The van der Waals surface area contributed by atoms with Gasteiger partial charge in [-0.05, 0) is 61.9 Å². The highest BCUT2D eigenvalue weighted by Crippen LogP contribution is 2.38. The van der Waals surface area contributed by atoms with Crippen LogP contribution in [-0.2, 0) is 36.1 Å². The number of fused-ring (bicyclic) bond motifs is 1. The van der Waals surface area contributed by atoms with Crippen LogP contribution in [0, 0.1) is 5.82 Å². The number of alkyl halides is 3. The van der Waals surface area contributed by atoms with Crippen LogP contribution < -0.4 is 4.90 Å². The van der Waals surface area contributed by atoms with E-state index in [1.807, 2.05) is 13.1 Å². The Morgan fingerprint density at radius 3 is 2.41 bits per heavy atom. The van der Waals surface area contributed by atoms with Gasteiger partial charge in [-0.3, -0.25) is 4.68 Å². The Bertz CT molecular complexity index is 1430. The van der Waals surface area contributed by atoms with Crippen LogP contribution >= 0.6 is 0 Å². The van der Waals surface area contributed by atoms with Crippen molar-refractivity contribution in [1.82, 2.24) is 24.3 Å². The molecule has 0 unspecified atom stereocenters. The molecule has 2 aliphatic rings. The molecule has 0 saturated carbocycles. The summed E-state index contributed by atoms with van der Waals surface area (Å²) in [5, 5.41) is 13.3. The molecule has 0 spiro atoms. The molecular weight excluding hydrogens is 512 g/mol. The maximum Gasteiger partial charge on any atom is 0.417 e. The molecule has 1 aliphatic carbocycles. The molecule has 0 radical (unpaired) electrons. The topological polar surface area (TPSA) is 84.2 Å². The van der Waals surface area contributed by atoms with Crippen molar-refractivity contribution >= 4 is 15.8 Å². The number of halogens is 4. The summed E-state index contributed by atoms with van der Waals surface area (Å²) in [5.41, 5.74) is 2.48. The van der Waals surface area contributed by atoms with Gasteiger partial charge in [0.1, 0.15) is 11.5 Å². The zero-order valence-corrected chi connectivity index (χ0v) is 21.2. The summed E-state index contributed by atoms with van der Waals surface area (Å²) in [6.45, 7) is 0.957. The van der Waals surface area contributed by atoms with E-state index in [1.54, 1.807) is 10.9 Å². The fourth-order valence-electron chi connectivity index (χ4n) is 5.28. The highest BCUT2D eigenvalue weighted by molar-refractivity contribution is 7.89. The molecule has 5 rings (SSSR count). The summed E-state index contributed by atoms with van der Waals surface area (Å²) in [5.74, 6) is -0.370. The lowest BCUT2D eigenvalue weighted by Crippen LogP contribution is -2.46. The lowest BCUT2D eigenvalue weighted by Gasteiger charge is -2.37. The largest absolute Gasteiger partial charge is 0.417 e. The number of hydrogen-bond acceptors (Lipinski definition) is 6. The number of anilines is 1. The van der Waals surface area contributed by atoms with Crippen molar-refractivity contribution < 1.29 is 26.0 Å². The number of piperidine rings is 1. The monoisotopic (exact) mass is 538 g/mol. The third-order valence-electron chi connectivity index (χ3n) is 7.26. The Labute approximate surface area is 212 Å².